The van der Waals surface area contributed by atoms with Crippen molar-refractivity contribution < 1.29 is 13.7 Å². The van der Waals surface area contributed by atoms with Crippen LogP contribution in [0.25, 0.3) is 34.0 Å². The van der Waals surface area contributed by atoms with Crippen LogP contribution in [-0.4, -0.2) is 15.9 Å². The molecule has 0 aliphatic carbocycles. The molecule has 0 atom stereocenters. The van der Waals surface area contributed by atoms with Crippen molar-refractivity contribution in [2.24, 2.45) is 0 Å². The molecule has 0 aliphatic heterocycles. The molecule has 26 heavy (non-hydrogen) atoms. The second-order valence-electron chi connectivity index (χ2n) is 6.23. The molecule has 5 nitrogen and oxygen atoms in total. The molecule has 130 valence electrons. The van der Waals surface area contributed by atoms with Crippen LogP contribution < -0.4 is 0 Å². The zero-order chi connectivity index (χ0) is 18.4. The predicted molar refractivity (Wildman–Crippen MR) is 99.4 cm³/mol. The largest absolute Gasteiger partial charge is 0.452 e. The molecule has 0 radical (unpaired) electrons. The molecule has 0 N–H and O–H groups in total. The molecule has 0 bridgehead atoms. The minimum atomic E-state index is -0.0577. The van der Waals surface area contributed by atoms with Crippen molar-refractivity contribution in [3.05, 3.63) is 58.1 Å². The minimum absolute atomic E-state index is 0.0577. The van der Waals surface area contributed by atoms with E-state index in [9.17, 15) is 4.79 Å². The summed E-state index contributed by atoms with van der Waals surface area (Å²) in [6.07, 6.45) is 0. The van der Waals surface area contributed by atoms with Gasteiger partial charge in [-0.25, -0.2) is 0 Å². The third kappa shape index (κ3) is 2.70. The Morgan fingerprint density at radius 3 is 2.54 bits per heavy atom. The number of fused-ring (bicyclic) bond motifs is 1. The fourth-order valence-corrected chi connectivity index (χ4v) is 3.10. The Labute approximate surface area is 154 Å². The van der Waals surface area contributed by atoms with E-state index in [0.29, 0.717) is 27.7 Å². The number of aryl methyl sites for hydroxylation is 2. The van der Waals surface area contributed by atoms with Crippen molar-refractivity contribution in [3.63, 3.8) is 0 Å². The highest BCUT2D eigenvalue weighted by atomic mass is 35.5. The van der Waals surface area contributed by atoms with Gasteiger partial charge in [-0.2, -0.15) is 4.98 Å². The summed E-state index contributed by atoms with van der Waals surface area (Å²) in [5.41, 5.74) is 4.08. The normalized spacial score (nSPS) is 11.2. The number of nitrogens with zero attached hydrogens (tertiary/aromatic N) is 2. The molecule has 0 unspecified atom stereocenters. The van der Waals surface area contributed by atoms with Crippen LogP contribution >= 0.6 is 11.6 Å². The van der Waals surface area contributed by atoms with Crippen LogP contribution in [0.3, 0.4) is 0 Å². The number of furan rings is 1. The molecular formula is C20H15ClN2O3. The van der Waals surface area contributed by atoms with E-state index in [2.05, 4.69) is 16.2 Å². The number of halogens is 1. The lowest BCUT2D eigenvalue weighted by Gasteiger charge is -2.00. The summed E-state index contributed by atoms with van der Waals surface area (Å²) in [4.78, 5) is 15.9. The molecule has 0 fully saturated rings. The van der Waals surface area contributed by atoms with Crippen LogP contribution in [0.5, 0.6) is 0 Å². The number of Topliss-reactive ketones (excluding diaryl/α,β-unsaturated/α-hetero) is 1. The van der Waals surface area contributed by atoms with Gasteiger partial charge in [0.05, 0.1) is 10.6 Å². The smallest absolute Gasteiger partial charge is 0.259 e. The third-order valence-electron chi connectivity index (χ3n) is 4.35. The Hall–Kier alpha value is -2.92. The Bertz CT molecular complexity index is 1120. The predicted octanol–water partition coefficient (Wildman–Crippen LogP) is 5.62. The Morgan fingerprint density at radius 1 is 1.08 bits per heavy atom. The SMILES string of the molecule is CC(=O)c1ccc(-c2nc(-c3cc4c(C)ccc(C)c4o3)no2)c(Cl)c1. The minimum Gasteiger partial charge on any atom is -0.452 e. The standard InChI is InChI=1S/C20H15ClN2O3/c1-10-4-5-11(2)18-15(10)9-17(25-18)19-22-20(26-23-19)14-7-6-13(12(3)24)8-16(14)21/h4-9H,1-3H3. The fraction of sp³-hybridized carbons (Fsp3) is 0.150. The van der Waals surface area contributed by atoms with Gasteiger partial charge in [-0.1, -0.05) is 35.0 Å². The lowest BCUT2D eigenvalue weighted by atomic mass is 10.1. The van der Waals surface area contributed by atoms with Gasteiger partial charge in [-0.3, -0.25) is 4.79 Å². The van der Waals surface area contributed by atoms with Gasteiger partial charge in [-0.05, 0) is 50.1 Å². The maximum absolute atomic E-state index is 11.5. The molecule has 0 spiro atoms. The number of carbonyl (C=O) groups is 1. The molecule has 2 aromatic heterocycles. The van der Waals surface area contributed by atoms with Gasteiger partial charge in [0.15, 0.2) is 11.5 Å². The molecule has 0 aliphatic rings. The molecule has 6 heteroatoms. The zero-order valence-electron chi connectivity index (χ0n) is 14.5. The van der Waals surface area contributed by atoms with E-state index in [4.69, 9.17) is 20.5 Å². The quantitative estimate of drug-likeness (QED) is 0.440. The second-order valence-corrected chi connectivity index (χ2v) is 6.63. The summed E-state index contributed by atoms with van der Waals surface area (Å²) in [7, 11) is 0. The highest BCUT2D eigenvalue weighted by molar-refractivity contribution is 6.33. The molecule has 0 saturated carbocycles. The van der Waals surface area contributed by atoms with Crippen LogP contribution in [0.2, 0.25) is 5.02 Å². The zero-order valence-corrected chi connectivity index (χ0v) is 15.2. The Balaban J connectivity index is 1.76. The number of aromatic nitrogens is 2. The van der Waals surface area contributed by atoms with Crippen molar-refractivity contribution in [2.75, 3.05) is 0 Å². The number of hydrogen-bond acceptors (Lipinski definition) is 5. The lowest BCUT2D eigenvalue weighted by Crippen LogP contribution is -1.92. The van der Waals surface area contributed by atoms with Crippen LogP contribution in [0.1, 0.15) is 28.4 Å². The number of hydrogen-bond donors (Lipinski definition) is 0. The monoisotopic (exact) mass is 366 g/mol. The van der Waals surface area contributed by atoms with Gasteiger partial charge in [-0.15, -0.1) is 0 Å². The highest BCUT2D eigenvalue weighted by Crippen LogP contribution is 2.33. The topological polar surface area (TPSA) is 69.1 Å². The average molecular weight is 367 g/mol. The van der Waals surface area contributed by atoms with E-state index < -0.39 is 0 Å². The third-order valence-corrected chi connectivity index (χ3v) is 4.66. The van der Waals surface area contributed by atoms with E-state index in [1.807, 2.05) is 26.0 Å². The van der Waals surface area contributed by atoms with Gasteiger partial charge < -0.3 is 8.94 Å². The van der Waals surface area contributed by atoms with Crippen LogP contribution in [-0.2, 0) is 0 Å². The molecule has 0 amide bonds. The van der Waals surface area contributed by atoms with Gasteiger partial charge >= 0.3 is 0 Å². The van der Waals surface area contributed by atoms with E-state index in [0.717, 1.165) is 22.1 Å². The Kier molecular flexibility index (Phi) is 3.89. The van der Waals surface area contributed by atoms with Gasteiger partial charge in [0.2, 0.25) is 5.82 Å². The number of ketones is 1. The van der Waals surface area contributed by atoms with Crippen molar-refractivity contribution >= 4 is 28.4 Å². The number of rotatable bonds is 3. The molecular weight excluding hydrogens is 352 g/mol. The van der Waals surface area contributed by atoms with Crippen molar-refractivity contribution in [1.82, 2.24) is 10.1 Å². The number of benzene rings is 2. The molecule has 0 saturated heterocycles. The summed E-state index contributed by atoms with van der Waals surface area (Å²) < 4.78 is 11.3. The Morgan fingerprint density at radius 2 is 1.85 bits per heavy atom. The van der Waals surface area contributed by atoms with Crippen molar-refractivity contribution in [1.29, 1.82) is 0 Å². The second kappa shape index (κ2) is 6.11. The van der Waals surface area contributed by atoms with Crippen LogP contribution in [0.15, 0.2) is 45.3 Å². The summed E-state index contributed by atoms with van der Waals surface area (Å²) in [5, 5.41) is 5.41. The van der Waals surface area contributed by atoms with Crippen LogP contribution in [0.4, 0.5) is 0 Å². The summed E-state index contributed by atoms with van der Waals surface area (Å²) in [6, 6.07) is 11.0. The molecule has 4 rings (SSSR count). The summed E-state index contributed by atoms with van der Waals surface area (Å²) >= 11 is 6.27. The first kappa shape index (κ1) is 16.5. The van der Waals surface area contributed by atoms with Gasteiger partial charge in [0, 0.05) is 10.9 Å². The van der Waals surface area contributed by atoms with E-state index in [1.165, 1.54) is 6.92 Å². The lowest BCUT2D eigenvalue weighted by molar-refractivity contribution is 0.101. The number of carbonyl (C=O) groups excluding carboxylic acids is 1. The van der Waals surface area contributed by atoms with E-state index in [-0.39, 0.29) is 11.7 Å². The van der Waals surface area contributed by atoms with E-state index >= 15 is 0 Å². The van der Waals surface area contributed by atoms with Crippen molar-refractivity contribution in [2.45, 2.75) is 20.8 Å². The summed E-state index contributed by atoms with van der Waals surface area (Å²) in [5.74, 6) is 1.09. The molecule has 2 aromatic carbocycles. The maximum atomic E-state index is 11.5. The first-order valence-corrected chi connectivity index (χ1v) is 8.46. The highest BCUT2D eigenvalue weighted by Gasteiger charge is 2.18. The fourth-order valence-electron chi connectivity index (χ4n) is 2.84. The van der Waals surface area contributed by atoms with Crippen molar-refractivity contribution in [3.8, 4) is 23.0 Å². The first-order chi connectivity index (χ1) is 12.4. The molecule has 2 heterocycles. The van der Waals surface area contributed by atoms with Crippen LogP contribution in [0, 0.1) is 13.8 Å². The molecule has 4 aromatic rings. The van der Waals surface area contributed by atoms with Gasteiger partial charge in [0.25, 0.3) is 5.89 Å². The average Bonchev–Trinajstić information content (AvgIpc) is 3.25. The van der Waals surface area contributed by atoms with Gasteiger partial charge in [0.1, 0.15) is 5.58 Å². The van der Waals surface area contributed by atoms with E-state index in [1.54, 1.807) is 18.2 Å². The first-order valence-electron chi connectivity index (χ1n) is 8.08. The maximum Gasteiger partial charge on any atom is 0.259 e. The summed E-state index contributed by atoms with van der Waals surface area (Å²) in [6.45, 7) is 5.51.